The molecular formula is C53H98O6. The second-order valence-electron chi connectivity index (χ2n) is 17.4. The SMILES string of the molecule is CCC/C=C\CCCCCCCC(=O)OCC(COC(=O)CCCCCCCCCCCCCCCCCC)OC(=O)CCCCCCC/C=C\CCCCCCCC. The minimum atomic E-state index is -0.773. The van der Waals surface area contributed by atoms with E-state index in [1.165, 1.54) is 161 Å². The molecule has 0 aromatic heterocycles. The lowest BCUT2D eigenvalue weighted by Crippen LogP contribution is -2.30. The third-order valence-corrected chi connectivity index (χ3v) is 11.4. The average Bonchev–Trinajstić information content (AvgIpc) is 3.23. The molecule has 6 nitrogen and oxygen atoms in total. The number of rotatable bonds is 47. The highest BCUT2D eigenvalue weighted by Gasteiger charge is 2.19. The Kier molecular flexibility index (Phi) is 46.8. The normalized spacial score (nSPS) is 12.1. The summed E-state index contributed by atoms with van der Waals surface area (Å²) >= 11 is 0. The fraction of sp³-hybridized carbons (Fsp3) is 0.868. The molecule has 0 radical (unpaired) electrons. The molecule has 0 aliphatic carbocycles. The van der Waals surface area contributed by atoms with Crippen molar-refractivity contribution in [2.75, 3.05) is 13.2 Å². The number of carbonyl (C=O) groups is 3. The van der Waals surface area contributed by atoms with Gasteiger partial charge in [-0.2, -0.15) is 0 Å². The number of unbranched alkanes of at least 4 members (excludes halogenated alkanes) is 32. The first-order chi connectivity index (χ1) is 29.0. The third-order valence-electron chi connectivity index (χ3n) is 11.4. The van der Waals surface area contributed by atoms with E-state index in [0.29, 0.717) is 19.3 Å². The zero-order valence-corrected chi connectivity index (χ0v) is 39.5. The molecule has 1 unspecified atom stereocenters. The average molecular weight is 831 g/mol. The van der Waals surface area contributed by atoms with Crippen LogP contribution in [-0.2, 0) is 28.6 Å². The molecule has 0 aliphatic rings. The molecule has 0 aromatic rings. The van der Waals surface area contributed by atoms with Crippen LogP contribution in [0.15, 0.2) is 24.3 Å². The predicted molar refractivity (Wildman–Crippen MR) is 252 cm³/mol. The largest absolute Gasteiger partial charge is 0.462 e. The van der Waals surface area contributed by atoms with Crippen LogP contribution < -0.4 is 0 Å². The van der Waals surface area contributed by atoms with Crippen LogP contribution in [0.1, 0.15) is 278 Å². The van der Waals surface area contributed by atoms with Gasteiger partial charge in [-0.3, -0.25) is 14.4 Å². The molecule has 0 aliphatic heterocycles. The molecule has 1 atom stereocenters. The van der Waals surface area contributed by atoms with Crippen LogP contribution in [0.25, 0.3) is 0 Å². The van der Waals surface area contributed by atoms with E-state index in [-0.39, 0.29) is 31.1 Å². The smallest absolute Gasteiger partial charge is 0.306 e. The van der Waals surface area contributed by atoms with Gasteiger partial charge in [0.2, 0.25) is 0 Å². The fourth-order valence-corrected chi connectivity index (χ4v) is 7.50. The summed E-state index contributed by atoms with van der Waals surface area (Å²) in [5.74, 6) is -0.881. The molecule has 0 fully saturated rings. The Morgan fingerprint density at radius 1 is 0.322 bits per heavy atom. The highest BCUT2D eigenvalue weighted by atomic mass is 16.6. The number of hydrogen-bond acceptors (Lipinski definition) is 6. The summed E-state index contributed by atoms with van der Waals surface area (Å²) in [7, 11) is 0. The van der Waals surface area contributed by atoms with Crippen molar-refractivity contribution in [3.8, 4) is 0 Å². The molecule has 0 spiro atoms. The number of ether oxygens (including phenoxy) is 3. The van der Waals surface area contributed by atoms with Crippen molar-refractivity contribution < 1.29 is 28.6 Å². The van der Waals surface area contributed by atoms with E-state index in [1.54, 1.807) is 0 Å². The van der Waals surface area contributed by atoms with Gasteiger partial charge in [-0.25, -0.2) is 0 Å². The number of carbonyl (C=O) groups excluding carboxylic acids is 3. The Bertz CT molecular complexity index is 958. The number of allylic oxidation sites excluding steroid dienone is 4. The summed E-state index contributed by atoms with van der Waals surface area (Å²) in [5, 5.41) is 0. The molecule has 0 N–H and O–H groups in total. The van der Waals surface area contributed by atoms with Crippen LogP contribution >= 0.6 is 0 Å². The number of esters is 3. The summed E-state index contributed by atoms with van der Waals surface area (Å²) < 4.78 is 16.8. The predicted octanol–water partition coefficient (Wildman–Crippen LogP) is 16.8. The Hall–Kier alpha value is -2.11. The summed E-state index contributed by atoms with van der Waals surface area (Å²) in [6.07, 6.45) is 54.5. The van der Waals surface area contributed by atoms with Crippen LogP contribution in [0.5, 0.6) is 0 Å². The molecule has 346 valence electrons. The first kappa shape index (κ1) is 56.9. The van der Waals surface area contributed by atoms with Gasteiger partial charge in [-0.15, -0.1) is 0 Å². The van der Waals surface area contributed by atoms with Crippen molar-refractivity contribution in [3.05, 3.63) is 24.3 Å². The van der Waals surface area contributed by atoms with Gasteiger partial charge in [-0.05, 0) is 64.2 Å². The zero-order chi connectivity index (χ0) is 43.0. The molecule has 0 rings (SSSR count). The monoisotopic (exact) mass is 831 g/mol. The van der Waals surface area contributed by atoms with Gasteiger partial charge in [0, 0.05) is 19.3 Å². The van der Waals surface area contributed by atoms with Crippen LogP contribution in [-0.4, -0.2) is 37.2 Å². The Morgan fingerprint density at radius 3 is 0.915 bits per heavy atom. The minimum absolute atomic E-state index is 0.0736. The van der Waals surface area contributed by atoms with E-state index in [2.05, 4.69) is 45.1 Å². The van der Waals surface area contributed by atoms with E-state index in [9.17, 15) is 14.4 Å². The van der Waals surface area contributed by atoms with E-state index in [1.807, 2.05) is 0 Å². The summed E-state index contributed by atoms with van der Waals surface area (Å²) in [6.45, 7) is 6.58. The minimum Gasteiger partial charge on any atom is -0.462 e. The maximum atomic E-state index is 12.8. The molecule has 0 saturated heterocycles. The van der Waals surface area contributed by atoms with Crippen molar-refractivity contribution in [1.82, 2.24) is 0 Å². The van der Waals surface area contributed by atoms with E-state index >= 15 is 0 Å². The first-order valence-corrected chi connectivity index (χ1v) is 25.8. The standard InChI is InChI=1S/C53H98O6/c1-4-7-10-13-16-19-22-24-26-28-29-31-34-37-40-43-46-52(55)58-49-50(48-57-51(54)45-42-39-36-33-21-18-15-12-9-6-3)59-53(56)47-44-41-38-35-32-30-27-25-23-20-17-14-11-8-5-2/h12,15,25,27,50H,4-11,13-14,16-24,26,28-49H2,1-3H3/b15-12-,27-25-. The van der Waals surface area contributed by atoms with Crippen LogP contribution in [0.3, 0.4) is 0 Å². The van der Waals surface area contributed by atoms with Gasteiger partial charge in [0.15, 0.2) is 6.10 Å². The van der Waals surface area contributed by atoms with Gasteiger partial charge in [0.25, 0.3) is 0 Å². The molecule has 0 aromatic carbocycles. The van der Waals surface area contributed by atoms with Crippen LogP contribution in [0.2, 0.25) is 0 Å². The molecule has 6 heteroatoms. The highest BCUT2D eigenvalue weighted by Crippen LogP contribution is 2.16. The summed E-state index contributed by atoms with van der Waals surface area (Å²) in [6, 6.07) is 0. The van der Waals surface area contributed by atoms with Gasteiger partial charge in [0.05, 0.1) is 0 Å². The van der Waals surface area contributed by atoms with Crippen molar-refractivity contribution in [2.24, 2.45) is 0 Å². The maximum absolute atomic E-state index is 12.8. The van der Waals surface area contributed by atoms with Gasteiger partial charge < -0.3 is 14.2 Å². The van der Waals surface area contributed by atoms with Gasteiger partial charge in [-0.1, -0.05) is 218 Å². The molecule has 0 heterocycles. The Morgan fingerprint density at radius 2 is 0.593 bits per heavy atom. The first-order valence-electron chi connectivity index (χ1n) is 25.8. The molecule has 0 amide bonds. The van der Waals surface area contributed by atoms with Crippen molar-refractivity contribution in [3.63, 3.8) is 0 Å². The Labute approximate surface area is 366 Å². The lowest BCUT2D eigenvalue weighted by Gasteiger charge is -2.18. The van der Waals surface area contributed by atoms with Crippen molar-refractivity contribution >= 4 is 17.9 Å². The quantitative estimate of drug-likeness (QED) is 0.0263. The maximum Gasteiger partial charge on any atom is 0.306 e. The second kappa shape index (κ2) is 48.6. The van der Waals surface area contributed by atoms with Gasteiger partial charge >= 0.3 is 17.9 Å². The van der Waals surface area contributed by atoms with E-state index in [0.717, 1.165) is 77.0 Å². The third kappa shape index (κ3) is 46.8. The van der Waals surface area contributed by atoms with Gasteiger partial charge in [0.1, 0.15) is 13.2 Å². The molecule has 0 bridgehead atoms. The highest BCUT2D eigenvalue weighted by molar-refractivity contribution is 5.71. The van der Waals surface area contributed by atoms with Crippen LogP contribution in [0.4, 0.5) is 0 Å². The molecule has 59 heavy (non-hydrogen) atoms. The zero-order valence-electron chi connectivity index (χ0n) is 39.5. The topological polar surface area (TPSA) is 78.9 Å². The fourth-order valence-electron chi connectivity index (χ4n) is 7.50. The summed E-state index contributed by atoms with van der Waals surface area (Å²) in [4.78, 5) is 37.9. The molecule has 0 saturated carbocycles. The second-order valence-corrected chi connectivity index (χ2v) is 17.4. The lowest BCUT2D eigenvalue weighted by atomic mass is 10.0. The summed E-state index contributed by atoms with van der Waals surface area (Å²) in [5.41, 5.74) is 0. The lowest BCUT2D eigenvalue weighted by molar-refractivity contribution is -0.167. The van der Waals surface area contributed by atoms with Crippen LogP contribution in [0, 0.1) is 0 Å². The van der Waals surface area contributed by atoms with E-state index in [4.69, 9.17) is 14.2 Å². The number of hydrogen-bond donors (Lipinski definition) is 0. The van der Waals surface area contributed by atoms with E-state index < -0.39 is 6.10 Å². The Balaban J connectivity index is 4.32. The van der Waals surface area contributed by atoms with Crippen molar-refractivity contribution in [1.29, 1.82) is 0 Å². The molecular weight excluding hydrogens is 733 g/mol. The van der Waals surface area contributed by atoms with Crippen molar-refractivity contribution in [2.45, 2.75) is 284 Å².